The van der Waals surface area contributed by atoms with Crippen LogP contribution in [0.15, 0.2) is 24.3 Å². The predicted molar refractivity (Wildman–Crippen MR) is 116 cm³/mol. The number of aromatic nitrogens is 1. The van der Waals surface area contributed by atoms with Crippen LogP contribution in [0.4, 0.5) is 0 Å². The monoisotopic (exact) mass is 430 g/mol. The number of ether oxygens (including phenoxy) is 1. The number of fused-ring (bicyclic) bond motifs is 1. The van der Waals surface area contributed by atoms with E-state index in [9.17, 15) is 19.5 Å². The zero-order valence-corrected chi connectivity index (χ0v) is 17.9. The van der Waals surface area contributed by atoms with E-state index in [1.165, 1.54) is 0 Å². The predicted octanol–water partition coefficient (Wildman–Crippen LogP) is 1.39. The van der Waals surface area contributed by atoms with Crippen LogP contribution < -0.4 is 21.1 Å². The molecule has 0 bridgehead atoms. The Balaban J connectivity index is 1.76. The molecule has 9 heteroatoms. The zero-order chi connectivity index (χ0) is 22.5. The van der Waals surface area contributed by atoms with Crippen LogP contribution in [0, 0.1) is 5.92 Å². The molecule has 168 valence electrons. The SMILES string of the molecule is COc1ccc2c(c1)cc(C(=O)N[C@@H](CCCN)C(=O)N[C@H]1CCC[C@H]1C(=O)O)n2C. The van der Waals surface area contributed by atoms with Crippen molar-refractivity contribution in [2.45, 2.75) is 44.2 Å². The molecule has 1 aliphatic rings. The summed E-state index contributed by atoms with van der Waals surface area (Å²) in [5, 5.41) is 15.9. The number of carboxylic acid groups (broad SMARTS) is 1. The topological polar surface area (TPSA) is 136 Å². The van der Waals surface area contributed by atoms with Gasteiger partial charge in [-0.25, -0.2) is 0 Å². The lowest BCUT2D eigenvalue weighted by Gasteiger charge is -2.23. The molecule has 1 aromatic carbocycles. The van der Waals surface area contributed by atoms with Crippen LogP contribution in [0.5, 0.6) is 5.75 Å². The van der Waals surface area contributed by atoms with E-state index in [0.717, 1.165) is 17.3 Å². The number of methoxy groups -OCH3 is 1. The van der Waals surface area contributed by atoms with Gasteiger partial charge in [-0.1, -0.05) is 6.42 Å². The summed E-state index contributed by atoms with van der Waals surface area (Å²) in [5.41, 5.74) is 6.89. The van der Waals surface area contributed by atoms with Crippen molar-refractivity contribution in [2.75, 3.05) is 13.7 Å². The highest BCUT2D eigenvalue weighted by Gasteiger charge is 2.35. The average Bonchev–Trinajstić information content (AvgIpc) is 3.35. The van der Waals surface area contributed by atoms with Crippen LogP contribution >= 0.6 is 0 Å². The standard InChI is InChI=1S/C22H30N4O5/c1-26-18-9-8-14(31-2)11-13(18)12-19(26)21(28)25-17(7-4-10-23)20(27)24-16-6-3-5-15(16)22(29)30/h8-9,11-12,15-17H,3-7,10,23H2,1-2H3,(H,24,27)(H,25,28)(H,29,30)/t15-,16+,17+/m1/s1. The molecule has 2 amide bonds. The lowest BCUT2D eigenvalue weighted by Crippen LogP contribution is -2.51. The number of amides is 2. The van der Waals surface area contributed by atoms with Gasteiger partial charge < -0.3 is 30.8 Å². The summed E-state index contributed by atoms with van der Waals surface area (Å²) in [6, 6.07) is 6.07. The molecular weight excluding hydrogens is 400 g/mol. The number of carbonyl (C=O) groups excluding carboxylic acids is 2. The average molecular weight is 431 g/mol. The van der Waals surface area contributed by atoms with Crippen molar-refractivity contribution in [3.05, 3.63) is 30.0 Å². The van der Waals surface area contributed by atoms with Crippen molar-refractivity contribution in [3.63, 3.8) is 0 Å². The molecule has 9 nitrogen and oxygen atoms in total. The third-order valence-corrected chi connectivity index (χ3v) is 5.96. The Bertz CT molecular complexity index is 970. The van der Waals surface area contributed by atoms with Crippen LogP contribution in [-0.2, 0) is 16.6 Å². The molecule has 1 aromatic heterocycles. The van der Waals surface area contributed by atoms with Crippen LogP contribution in [0.1, 0.15) is 42.6 Å². The molecule has 1 saturated carbocycles. The number of aliphatic carboxylic acids is 1. The van der Waals surface area contributed by atoms with E-state index in [1.807, 2.05) is 18.2 Å². The van der Waals surface area contributed by atoms with Gasteiger partial charge in [-0.3, -0.25) is 14.4 Å². The molecule has 0 spiro atoms. The maximum absolute atomic E-state index is 13.0. The lowest BCUT2D eigenvalue weighted by molar-refractivity contribution is -0.142. The molecule has 0 aliphatic heterocycles. The van der Waals surface area contributed by atoms with Crippen LogP contribution in [0.2, 0.25) is 0 Å². The number of carboxylic acids is 1. The summed E-state index contributed by atoms with van der Waals surface area (Å²) in [5.74, 6) is -1.56. The van der Waals surface area contributed by atoms with Crippen LogP contribution in [0.3, 0.4) is 0 Å². The van der Waals surface area contributed by atoms with E-state index >= 15 is 0 Å². The largest absolute Gasteiger partial charge is 0.497 e. The second kappa shape index (κ2) is 9.82. The molecule has 0 unspecified atom stereocenters. The maximum atomic E-state index is 13.0. The van der Waals surface area contributed by atoms with Gasteiger partial charge >= 0.3 is 5.97 Å². The van der Waals surface area contributed by atoms with Gasteiger partial charge in [-0.2, -0.15) is 0 Å². The summed E-state index contributed by atoms with van der Waals surface area (Å²) in [7, 11) is 3.37. The molecule has 3 atom stereocenters. The summed E-state index contributed by atoms with van der Waals surface area (Å²) in [6.45, 7) is 0.384. The van der Waals surface area contributed by atoms with Crippen molar-refractivity contribution in [2.24, 2.45) is 18.7 Å². The second-order valence-electron chi connectivity index (χ2n) is 7.96. The van der Waals surface area contributed by atoms with Gasteiger partial charge in [0, 0.05) is 24.0 Å². The van der Waals surface area contributed by atoms with E-state index in [4.69, 9.17) is 10.5 Å². The van der Waals surface area contributed by atoms with Crippen molar-refractivity contribution >= 4 is 28.7 Å². The van der Waals surface area contributed by atoms with Gasteiger partial charge in [0.05, 0.1) is 13.0 Å². The van der Waals surface area contributed by atoms with E-state index in [-0.39, 0.29) is 11.8 Å². The van der Waals surface area contributed by atoms with E-state index in [1.54, 1.807) is 24.8 Å². The summed E-state index contributed by atoms with van der Waals surface area (Å²) < 4.78 is 7.01. The molecular formula is C22H30N4O5. The smallest absolute Gasteiger partial charge is 0.308 e. The van der Waals surface area contributed by atoms with E-state index in [2.05, 4.69) is 10.6 Å². The summed E-state index contributed by atoms with van der Waals surface area (Å²) >= 11 is 0. The first-order valence-corrected chi connectivity index (χ1v) is 10.5. The zero-order valence-electron chi connectivity index (χ0n) is 17.9. The van der Waals surface area contributed by atoms with Crippen LogP contribution in [0.25, 0.3) is 10.9 Å². The quantitative estimate of drug-likeness (QED) is 0.475. The highest BCUT2D eigenvalue weighted by Crippen LogP contribution is 2.26. The van der Waals surface area contributed by atoms with Gasteiger partial charge in [0.15, 0.2) is 0 Å². The molecule has 0 saturated heterocycles. The third-order valence-electron chi connectivity index (χ3n) is 5.96. The first-order chi connectivity index (χ1) is 14.8. The van der Waals surface area contributed by atoms with Gasteiger partial charge in [0.25, 0.3) is 5.91 Å². The number of aryl methyl sites for hydroxylation is 1. The number of nitrogens with one attached hydrogen (secondary N) is 2. The van der Waals surface area contributed by atoms with Gasteiger partial charge in [0.1, 0.15) is 17.5 Å². The number of rotatable bonds is 9. The second-order valence-corrected chi connectivity index (χ2v) is 7.96. The molecule has 31 heavy (non-hydrogen) atoms. The third kappa shape index (κ3) is 4.99. The first kappa shape index (κ1) is 22.6. The maximum Gasteiger partial charge on any atom is 0.308 e. The first-order valence-electron chi connectivity index (χ1n) is 10.5. The number of nitrogens with zero attached hydrogens (tertiary/aromatic N) is 1. The van der Waals surface area contributed by atoms with Crippen molar-refractivity contribution in [3.8, 4) is 5.75 Å². The molecule has 5 N–H and O–H groups in total. The Labute approximate surface area is 180 Å². The van der Waals surface area contributed by atoms with Crippen molar-refractivity contribution in [1.82, 2.24) is 15.2 Å². The van der Waals surface area contributed by atoms with E-state index in [0.29, 0.717) is 43.7 Å². The van der Waals surface area contributed by atoms with Crippen molar-refractivity contribution in [1.29, 1.82) is 0 Å². The molecule has 1 aliphatic carbocycles. The number of nitrogens with two attached hydrogens (primary N) is 1. The fraction of sp³-hybridized carbons (Fsp3) is 0.500. The molecule has 2 aromatic rings. The van der Waals surface area contributed by atoms with Crippen molar-refractivity contribution < 1.29 is 24.2 Å². The fourth-order valence-corrected chi connectivity index (χ4v) is 4.21. The fourth-order valence-electron chi connectivity index (χ4n) is 4.21. The minimum atomic E-state index is -0.906. The Morgan fingerprint density at radius 2 is 2.06 bits per heavy atom. The molecule has 1 heterocycles. The summed E-state index contributed by atoms with van der Waals surface area (Å²) in [6.07, 6.45) is 2.83. The normalized spacial score (nSPS) is 19.2. The Hall–Kier alpha value is -3.07. The number of carbonyl (C=O) groups is 3. The number of benzene rings is 1. The number of hydrogen-bond donors (Lipinski definition) is 4. The molecule has 1 fully saturated rings. The molecule has 0 radical (unpaired) electrons. The van der Waals surface area contributed by atoms with Gasteiger partial charge in [-0.15, -0.1) is 0 Å². The summed E-state index contributed by atoms with van der Waals surface area (Å²) in [4.78, 5) is 37.3. The van der Waals surface area contributed by atoms with Gasteiger partial charge in [-0.05, 0) is 56.5 Å². The Morgan fingerprint density at radius 3 is 2.74 bits per heavy atom. The minimum absolute atomic E-state index is 0.371. The lowest BCUT2D eigenvalue weighted by atomic mass is 10.0. The van der Waals surface area contributed by atoms with Gasteiger partial charge in [0.2, 0.25) is 5.91 Å². The highest BCUT2D eigenvalue weighted by molar-refractivity contribution is 6.01. The Morgan fingerprint density at radius 1 is 1.29 bits per heavy atom. The van der Waals surface area contributed by atoms with Crippen LogP contribution in [-0.4, -0.2) is 53.2 Å². The number of hydrogen-bond acceptors (Lipinski definition) is 5. The van der Waals surface area contributed by atoms with E-state index < -0.39 is 24.0 Å². The Kier molecular flexibility index (Phi) is 7.17. The molecule has 3 rings (SSSR count). The minimum Gasteiger partial charge on any atom is -0.497 e. The highest BCUT2D eigenvalue weighted by atomic mass is 16.5.